The SMILES string of the molecule is Cc1ccc([C@H]2CCC[C@H](c3ccc(C)cc3)N2C#N)cc1. The lowest BCUT2D eigenvalue weighted by Crippen LogP contribution is -2.32. The third-order valence-electron chi connectivity index (χ3n) is 4.67. The van der Waals surface area contributed by atoms with Crippen molar-refractivity contribution >= 4 is 0 Å². The van der Waals surface area contributed by atoms with E-state index in [0.29, 0.717) is 0 Å². The number of likely N-dealkylation sites (tertiary alicyclic amines) is 1. The van der Waals surface area contributed by atoms with Gasteiger partial charge in [-0.2, -0.15) is 5.26 Å². The van der Waals surface area contributed by atoms with Gasteiger partial charge in [0.2, 0.25) is 0 Å². The number of hydrogen-bond donors (Lipinski definition) is 0. The average molecular weight is 290 g/mol. The van der Waals surface area contributed by atoms with E-state index in [-0.39, 0.29) is 12.1 Å². The Morgan fingerprint density at radius 2 is 1.23 bits per heavy atom. The molecule has 2 aromatic carbocycles. The van der Waals surface area contributed by atoms with Crippen molar-refractivity contribution in [2.24, 2.45) is 0 Å². The maximum absolute atomic E-state index is 9.74. The van der Waals surface area contributed by atoms with E-state index >= 15 is 0 Å². The van der Waals surface area contributed by atoms with Crippen LogP contribution in [0.2, 0.25) is 0 Å². The molecule has 1 aliphatic heterocycles. The molecule has 22 heavy (non-hydrogen) atoms. The Morgan fingerprint density at radius 1 is 0.818 bits per heavy atom. The fourth-order valence-electron chi connectivity index (χ4n) is 3.37. The Labute approximate surface area is 133 Å². The number of nitriles is 1. The van der Waals surface area contributed by atoms with Gasteiger partial charge < -0.3 is 0 Å². The summed E-state index contributed by atoms with van der Waals surface area (Å²) in [4.78, 5) is 2.00. The van der Waals surface area contributed by atoms with E-state index in [0.717, 1.165) is 19.3 Å². The number of piperidine rings is 1. The molecule has 1 saturated heterocycles. The van der Waals surface area contributed by atoms with E-state index in [4.69, 9.17) is 0 Å². The molecule has 0 saturated carbocycles. The Kier molecular flexibility index (Phi) is 4.15. The molecule has 3 rings (SSSR count). The van der Waals surface area contributed by atoms with E-state index in [2.05, 4.69) is 68.6 Å². The largest absolute Gasteiger partial charge is 0.296 e. The van der Waals surface area contributed by atoms with E-state index in [1.54, 1.807) is 0 Å². The molecule has 112 valence electrons. The van der Waals surface area contributed by atoms with E-state index in [1.165, 1.54) is 22.3 Å². The molecular weight excluding hydrogens is 268 g/mol. The third kappa shape index (κ3) is 2.85. The van der Waals surface area contributed by atoms with Crippen LogP contribution in [0.25, 0.3) is 0 Å². The summed E-state index contributed by atoms with van der Waals surface area (Å²) in [5, 5.41) is 9.74. The summed E-state index contributed by atoms with van der Waals surface area (Å²) >= 11 is 0. The fraction of sp³-hybridized carbons (Fsp3) is 0.350. The van der Waals surface area contributed by atoms with Crippen LogP contribution in [0.1, 0.15) is 53.6 Å². The van der Waals surface area contributed by atoms with Gasteiger partial charge in [-0.05, 0) is 44.2 Å². The number of rotatable bonds is 2. The zero-order valence-corrected chi connectivity index (χ0v) is 13.3. The van der Waals surface area contributed by atoms with Gasteiger partial charge in [-0.3, -0.25) is 4.90 Å². The average Bonchev–Trinajstić information content (AvgIpc) is 2.55. The molecular formula is C20H22N2. The Bertz CT molecular complexity index is 611. The summed E-state index contributed by atoms with van der Waals surface area (Å²) in [5.41, 5.74) is 5.03. The lowest BCUT2D eigenvalue weighted by molar-refractivity contribution is 0.151. The van der Waals surface area contributed by atoms with Crippen molar-refractivity contribution in [1.82, 2.24) is 4.90 Å². The van der Waals surface area contributed by atoms with E-state index < -0.39 is 0 Å². The first kappa shape index (κ1) is 14.7. The molecule has 1 aliphatic rings. The molecule has 0 aromatic heterocycles. The van der Waals surface area contributed by atoms with Crippen LogP contribution < -0.4 is 0 Å². The number of benzene rings is 2. The Balaban J connectivity index is 1.91. The quantitative estimate of drug-likeness (QED) is 0.723. The molecule has 0 aliphatic carbocycles. The molecule has 0 bridgehead atoms. The zero-order chi connectivity index (χ0) is 15.5. The first-order valence-corrected chi connectivity index (χ1v) is 8.00. The van der Waals surface area contributed by atoms with Crippen LogP contribution in [-0.2, 0) is 0 Å². The molecule has 0 N–H and O–H groups in total. The van der Waals surface area contributed by atoms with Gasteiger partial charge in [-0.15, -0.1) is 0 Å². The second-order valence-corrected chi connectivity index (χ2v) is 6.29. The number of aryl methyl sites for hydroxylation is 2. The van der Waals surface area contributed by atoms with Gasteiger partial charge in [-0.25, -0.2) is 0 Å². The highest BCUT2D eigenvalue weighted by molar-refractivity contribution is 5.29. The lowest BCUT2D eigenvalue weighted by atomic mass is 9.88. The first-order valence-electron chi connectivity index (χ1n) is 8.00. The maximum atomic E-state index is 9.74. The van der Waals surface area contributed by atoms with Gasteiger partial charge >= 0.3 is 0 Å². The predicted molar refractivity (Wildman–Crippen MR) is 89.1 cm³/mol. The topological polar surface area (TPSA) is 27.0 Å². The molecule has 0 spiro atoms. The van der Waals surface area contributed by atoms with Gasteiger partial charge in [0.05, 0.1) is 12.1 Å². The van der Waals surface area contributed by atoms with Gasteiger partial charge in [0.15, 0.2) is 6.19 Å². The molecule has 0 radical (unpaired) electrons. The fourth-order valence-corrected chi connectivity index (χ4v) is 3.37. The van der Waals surface area contributed by atoms with Gasteiger partial charge in [0.25, 0.3) is 0 Å². The van der Waals surface area contributed by atoms with Crippen molar-refractivity contribution in [2.75, 3.05) is 0 Å². The van der Waals surface area contributed by atoms with Crippen LogP contribution in [-0.4, -0.2) is 4.90 Å². The van der Waals surface area contributed by atoms with Crippen LogP contribution >= 0.6 is 0 Å². The molecule has 2 heteroatoms. The van der Waals surface area contributed by atoms with Gasteiger partial charge in [0, 0.05) is 0 Å². The minimum absolute atomic E-state index is 0.200. The van der Waals surface area contributed by atoms with Crippen molar-refractivity contribution in [3.8, 4) is 6.19 Å². The monoisotopic (exact) mass is 290 g/mol. The van der Waals surface area contributed by atoms with Crippen molar-refractivity contribution in [2.45, 2.75) is 45.2 Å². The molecule has 2 nitrogen and oxygen atoms in total. The van der Waals surface area contributed by atoms with Crippen molar-refractivity contribution < 1.29 is 0 Å². The maximum Gasteiger partial charge on any atom is 0.180 e. The standard InChI is InChI=1S/C20H22N2/c1-15-6-10-17(11-7-15)19-4-3-5-20(22(19)14-21)18-12-8-16(2)9-13-18/h6-13,19-20H,3-5H2,1-2H3/t19-,20-/m1/s1. The van der Waals surface area contributed by atoms with Gasteiger partial charge in [-0.1, -0.05) is 59.7 Å². The van der Waals surface area contributed by atoms with Gasteiger partial charge in [0.1, 0.15) is 0 Å². The van der Waals surface area contributed by atoms with Crippen molar-refractivity contribution in [3.63, 3.8) is 0 Å². The molecule has 2 aromatic rings. The van der Waals surface area contributed by atoms with Crippen molar-refractivity contribution in [1.29, 1.82) is 5.26 Å². The highest BCUT2D eigenvalue weighted by Crippen LogP contribution is 2.41. The summed E-state index contributed by atoms with van der Waals surface area (Å²) in [5.74, 6) is 0. The predicted octanol–water partition coefficient (Wildman–Crippen LogP) is 5.05. The highest BCUT2D eigenvalue weighted by atomic mass is 15.2. The first-order chi connectivity index (χ1) is 10.7. The minimum atomic E-state index is 0.200. The van der Waals surface area contributed by atoms with Crippen LogP contribution in [0.5, 0.6) is 0 Å². The second kappa shape index (κ2) is 6.23. The minimum Gasteiger partial charge on any atom is -0.296 e. The molecule has 2 atom stereocenters. The normalized spacial score (nSPS) is 21.4. The Morgan fingerprint density at radius 3 is 1.59 bits per heavy atom. The van der Waals surface area contributed by atoms with Crippen molar-refractivity contribution in [3.05, 3.63) is 70.8 Å². The summed E-state index contributed by atoms with van der Waals surface area (Å²) in [6.07, 6.45) is 5.73. The number of nitrogens with zero attached hydrogens (tertiary/aromatic N) is 2. The summed E-state index contributed by atoms with van der Waals surface area (Å²) in [6.45, 7) is 4.20. The van der Waals surface area contributed by atoms with Crippen LogP contribution in [0, 0.1) is 25.3 Å². The summed E-state index contributed by atoms with van der Waals surface area (Å²) in [6, 6.07) is 17.6. The summed E-state index contributed by atoms with van der Waals surface area (Å²) < 4.78 is 0. The van der Waals surface area contributed by atoms with Crippen LogP contribution in [0.4, 0.5) is 0 Å². The van der Waals surface area contributed by atoms with E-state index in [9.17, 15) is 5.26 Å². The molecule has 1 fully saturated rings. The summed E-state index contributed by atoms with van der Waals surface area (Å²) in [7, 11) is 0. The number of hydrogen-bond acceptors (Lipinski definition) is 2. The second-order valence-electron chi connectivity index (χ2n) is 6.29. The van der Waals surface area contributed by atoms with Crippen LogP contribution in [0.15, 0.2) is 48.5 Å². The molecule has 0 unspecified atom stereocenters. The van der Waals surface area contributed by atoms with Crippen LogP contribution in [0.3, 0.4) is 0 Å². The molecule has 1 heterocycles. The van der Waals surface area contributed by atoms with E-state index in [1.807, 2.05) is 4.90 Å². The third-order valence-corrected chi connectivity index (χ3v) is 4.67. The Hall–Kier alpha value is -2.27. The lowest BCUT2D eigenvalue weighted by Gasteiger charge is -2.39. The zero-order valence-electron chi connectivity index (χ0n) is 13.3. The smallest absolute Gasteiger partial charge is 0.180 e. The highest BCUT2D eigenvalue weighted by Gasteiger charge is 2.31. The molecule has 0 amide bonds.